The van der Waals surface area contributed by atoms with E-state index in [0.717, 1.165) is 11.3 Å². The Kier molecular flexibility index (Phi) is 8.22. The number of aromatic nitrogens is 2. The molecular formula is C29H34N6O5. The number of nitrogen functional groups attached to an aromatic ring is 1. The molecule has 0 aliphatic carbocycles. The summed E-state index contributed by atoms with van der Waals surface area (Å²) >= 11 is 0. The van der Waals surface area contributed by atoms with E-state index in [1.54, 1.807) is 31.4 Å². The Balaban J connectivity index is 1.49. The van der Waals surface area contributed by atoms with E-state index in [9.17, 15) is 19.5 Å². The van der Waals surface area contributed by atoms with Gasteiger partial charge in [0.25, 0.3) is 11.8 Å². The summed E-state index contributed by atoms with van der Waals surface area (Å²) in [7, 11) is 1.59. The van der Waals surface area contributed by atoms with Gasteiger partial charge in [-0.15, -0.1) is 0 Å². The number of carboxylic acid groups (broad SMARTS) is 1. The molecule has 1 aliphatic heterocycles. The van der Waals surface area contributed by atoms with Crippen molar-refractivity contribution in [2.24, 2.45) is 5.41 Å². The second kappa shape index (κ2) is 11.6. The molecule has 3 aromatic rings. The van der Waals surface area contributed by atoms with E-state index in [2.05, 4.69) is 20.6 Å². The third kappa shape index (κ3) is 6.31. The van der Waals surface area contributed by atoms with Gasteiger partial charge in [0.2, 0.25) is 0 Å². The third-order valence-corrected chi connectivity index (χ3v) is 6.90. The molecule has 1 unspecified atom stereocenters. The number of rotatable bonds is 7. The lowest BCUT2D eigenvalue weighted by Crippen LogP contribution is -2.53. The largest absolute Gasteiger partial charge is 0.497 e. The van der Waals surface area contributed by atoms with Gasteiger partial charge in [-0.2, -0.15) is 0 Å². The van der Waals surface area contributed by atoms with E-state index in [1.165, 1.54) is 11.1 Å². The minimum absolute atomic E-state index is 0.0463. The molecule has 3 amide bonds. The number of nitrogens with one attached hydrogen (secondary N) is 2. The molecule has 0 spiro atoms. The van der Waals surface area contributed by atoms with Crippen LogP contribution in [0.25, 0.3) is 11.3 Å². The first-order chi connectivity index (χ1) is 19.0. The minimum atomic E-state index is -1.02. The first-order valence-corrected chi connectivity index (χ1v) is 12.9. The molecule has 0 bridgehead atoms. The van der Waals surface area contributed by atoms with E-state index in [1.807, 2.05) is 45.0 Å². The zero-order valence-electron chi connectivity index (χ0n) is 23.0. The van der Waals surface area contributed by atoms with Crippen LogP contribution in [0.5, 0.6) is 5.75 Å². The quantitative estimate of drug-likeness (QED) is 0.350. The van der Waals surface area contributed by atoms with Crippen molar-refractivity contribution in [3.63, 3.8) is 0 Å². The van der Waals surface area contributed by atoms with Gasteiger partial charge in [-0.25, -0.2) is 14.8 Å². The van der Waals surface area contributed by atoms with Gasteiger partial charge in [0.15, 0.2) is 11.5 Å². The number of hydrogen-bond donors (Lipinski definition) is 4. The Hall–Kier alpha value is -4.67. The van der Waals surface area contributed by atoms with Crippen LogP contribution in [0.2, 0.25) is 0 Å². The topological polar surface area (TPSA) is 160 Å². The summed E-state index contributed by atoms with van der Waals surface area (Å²) in [6.07, 6.45) is 0.895. The molecule has 11 heteroatoms. The maximum Gasteiger partial charge on any atom is 0.407 e. The highest BCUT2D eigenvalue weighted by Gasteiger charge is 2.44. The van der Waals surface area contributed by atoms with Gasteiger partial charge < -0.3 is 31.1 Å². The number of nitrogens with two attached hydrogens (primary N) is 1. The molecule has 0 saturated carbocycles. The zero-order chi connectivity index (χ0) is 29.0. The standard InChI is InChI=1S/C29H34N6O5/c1-29(2,3)24-21(12-13-35(24)28(38)39)34-27(37)23-25(30)31-16-22(33-23)18-6-5-7-19(14-18)26(36)32-15-17-8-10-20(40-4)11-9-17/h5-11,14,16,21,24H,12-13,15H2,1-4H3,(H2,30,31)(H,32,36)(H,34,37)(H,38,39)/t21-,24?/m0/s1. The predicted molar refractivity (Wildman–Crippen MR) is 150 cm³/mol. The smallest absolute Gasteiger partial charge is 0.407 e. The fraction of sp³-hybridized carbons (Fsp3) is 0.345. The van der Waals surface area contributed by atoms with E-state index in [-0.39, 0.29) is 17.4 Å². The molecule has 1 aromatic heterocycles. The summed E-state index contributed by atoms with van der Waals surface area (Å²) < 4.78 is 5.16. The number of likely N-dealkylation sites (tertiary alicyclic amines) is 1. The zero-order valence-corrected chi connectivity index (χ0v) is 23.0. The molecule has 5 N–H and O–H groups in total. The van der Waals surface area contributed by atoms with E-state index in [4.69, 9.17) is 10.5 Å². The van der Waals surface area contributed by atoms with Crippen molar-refractivity contribution in [3.05, 3.63) is 71.5 Å². The molecular weight excluding hydrogens is 512 g/mol. The summed E-state index contributed by atoms with van der Waals surface area (Å²) in [5.74, 6) is -0.113. The van der Waals surface area contributed by atoms with Crippen molar-refractivity contribution in [2.75, 3.05) is 19.4 Å². The molecule has 2 aromatic carbocycles. The van der Waals surface area contributed by atoms with Gasteiger partial charge in [-0.1, -0.05) is 45.0 Å². The lowest BCUT2D eigenvalue weighted by molar-refractivity contribution is 0.0823. The number of methoxy groups -OCH3 is 1. The van der Waals surface area contributed by atoms with Crippen molar-refractivity contribution >= 4 is 23.7 Å². The van der Waals surface area contributed by atoms with Crippen LogP contribution in [0, 0.1) is 5.41 Å². The SMILES string of the molecule is COc1ccc(CNC(=O)c2cccc(-c3cnc(N)c(C(=O)N[C@H]4CCN(C(=O)O)C4C(C)(C)C)n3)c2)cc1. The van der Waals surface area contributed by atoms with E-state index < -0.39 is 29.5 Å². The maximum atomic E-state index is 13.3. The number of hydrogen-bond acceptors (Lipinski definition) is 7. The normalized spacial score (nSPS) is 16.9. The molecule has 4 rings (SSSR count). The molecule has 1 aliphatic rings. The predicted octanol–water partition coefficient (Wildman–Crippen LogP) is 3.56. The highest BCUT2D eigenvalue weighted by molar-refractivity contribution is 5.97. The number of carbonyl (C=O) groups excluding carboxylic acids is 2. The van der Waals surface area contributed by atoms with Crippen LogP contribution in [0.3, 0.4) is 0 Å². The highest BCUT2D eigenvalue weighted by Crippen LogP contribution is 2.33. The van der Waals surface area contributed by atoms with Crippen LogP contribution in [0.15, 0.2) is 54.7 Å². The number of carbonyl (C=O) groups is 3. The van der Waals surface area contributed by atoms with Gasteiger partial charge in [0.1, 0.15) is 5.75 Å². The van der Waals surface area contributed by atoms with E-state index >= 15 is 0 Å². The molecule has 2 atom stereocenters. The number of benzene rings is 2. The summed E-state index contributed by atoms with van der Waals surface area (Å²) in [6.45, 7) is 6.47. The Morgan fingerprint density at radius 3 is 2.50 bits per heavy atom. The number of nitrogens with zero attached hydrogens (tertiary/aromatic N) is 3. The summed E-state index contributed by atoms with van der Waals surface area (Å²) in [5, 5.41) is 15.5. The lowest BCUT2D eigenvalue weighted by atomic mass is 9.82. The van der Waals surface area contributed by atoms with Gasteiger partial charge in [-0.05, 0) is 41.7 Å². The Bertz CT molecular complexity index is 1400. The number of anilines is 1. The fourth-order valence-electron chi connectivity index (χ4n) is 5.02. The Morgan fingerprint density at radius 1 is 1.12 bits per heavy atom. The van der Waals surface area contributed by atoms with Gasteiger partial charge >= 0.3 is 6.09 Å². The lowest BCUT2D eigenvalue weighted by Gasteiger charge is -2.37. The summed E-state index contributed by atoms with van der Waals surface area (Å²) in [6, 6.07) is 13.4. The van der Waals surface area contributed by atoms with Crippen molar-refractivity contribution in [2.45, 2.75) is 45.8 Å². The first-order valence-electron chi connectivity index (χ1n) is 12.9. The molecule has 0 radical (unpaired) electrons. The molecule has 40 heavy (non-hydrogen) atoms. The fourth-order valence-corrected chi connectivity index (χ4v) is 5.02. The van der Waals surface area contributed by atoms with Crippen molar-refractivity contribution in [3.8, 4) is 17.0 Å². The van der Waals surface area contributed by atoms with Crippen molar-refractivity contribution in [1.82, 2.24) is 25.5 Å². The third-order valence-electron chi connectivity index (χ3n) is 6.90. The van der Waals surface area contributed by atoms with Crippen molar-refractivity contribution < 1.29 is 24.2 Å². The number of ether oxygens (including phenoxy) is 1. The summed E-state index contributed by atoms with van der Waals surface area (Å²) in [5.41, 5.74) is 7.86. The minimum Gasteiger partial charge on any atom is -0.497 e. The average molecular weight is 547 g/mol. The van der Waals surface area contributed by atoms with Gasteiger partial charge in [-0.3, -0.25) is 9.59 Å². The summed E-state index contributed by atoms with van der Waals surface area (Å²) in [4.78, 5) is 47.8. The second-order valence-corrected chi connectivity index (χ2v) is 10.8. The van der Waals surface area contributed by atoms with E-state index in [0.29, 0.717) is 36.3 Å². The molecule has 1 saturated heterocycles. The molecule has 2 heterocycles. The monoisotopic (exact) mass is 546 g/mol. The van der Waals surface area contributed by atoms with Crippen LogP contribution in [0.4, 0.5) is 10.6 Å². The molecule has 1 fully saturated rings. The maximum absolute atomic E-state index is 13.3. The van der Waals surface area contributed by atoms with Gasteiger partial charge in [0.05, 0.1) is 31.1 Å². The first kappa shape index (κ1) is 28.3. The van der Waals surface area contributed by atoms with Crippen LogP contribution in [-0.4, -0.2) is 63.6 Å². The van der Waals surface area contributed by atoms with Gasteiger partial charge in [0, 0.05) is 24.2 Å². The molecule has 11 nitrogen and oxygen atoms in total. The average Bonchev–Trinajstić information content (AvgIpc) is 3.37. The van der Waals surface area contributed by atoms with Crippen LogP contribution in [-0.2, 0) is 6.54 Å². The van der Waals surface area contributed by atoms with Crippen LogP contribution in [0.1, 0.15) is 53.6 Å². The van der Waals surface area contributed by atoms with Crippen LogP contribution >= 0.6 is 0 Å². The Morgan fingerprint density at radius 2 is 1.85 bits per heavy atom. The number of amides is 3. The Labute approximate surface area is 232 Å². The van der Waals surface area contributed by atoms with Crippen molar-refractivity contribution in [1.29, 1.82) is 0 Å². The second-order valence-electron chi connectivity index (χ2n) is 10.8. The molecule has 210 valence electrons. The highest BCUT2D eigenvalue weighted by atomic mass is 16.5. The van der Waals surface area contributed by atoms with Crippen LogP contribution < -0.4 is 21.1 Å².